The van der Waals surface area contributed by atoms with E-state index in [0.29, 0.717) is 0 Å². The van der Waals surface area contributed by atoms with Crippen LogP contribution in [0.25, 0.3) is 0 Å². The minimum absolute atomic E-state index is 0.269. The molecule has 0 N–H and O–H groups in total. The molecule has 0 atom stereocenters. The fourth-order valence-electron chi connectivity index (χ4n) is 1.05. The molecule has 0 saturated carbocycles. The van der Waals surface area contributed by atoms with E-state index in [1.165, 1.54) is 5.69 Å². The Bertz CT molecular complexity index is 268. The number of rotatable bonds is 1. The molecule has 0 aliphatic heterocycles. The molecule has 1 aromatic rings. The van der Waals surface area contributed by atoms with Gasteiger partial charge in [-0.3, -0.25) is 0 Å². The molecule has 68 valence electrons. The molecule has 0 fully saturated rings. The van der Waals surface area contributed by atoms with Crippen LogP contribution in [0.3, 0.4) is 0 Å². The van der Waals surface area contributed by atoms with Crippen LogP contribution in [0, 0.1) is 19.3 Å². The first-order chi connectivity index (χ1) is 5.40. The second kappa shape index (κ2) is 2.88. The standard InChI is InChI=1S/C9H17N3/c1-7-8(2)12(11-10-7)6-9(3,4)5/h6H2,1-5H3. The molecule has 1 rings (SSSR count). The third-order valence-electron chi connectivity index (χ3n) is 1.84. The minimum atomic E-state index is 0.269. The second-order valence-corrected chi connectivity index (χ2v) is 4.48. The summed E-state index contributed by atoms with van der Waals surface area (Å²) in [6, 6.07) is 0. The van der Waals surface area contributed by atoms with Gasteiger partial charge in [0, 0.05) is 6.54 Å². The van der Waals surface area contributed by atoms with Gasteiger partial charge >= 0.3 is 0 Å². The van der Waals surface area contributed by atoms with Gasteiger partial charge in [-0.15, -0.1) is 5.10 Å². The lowest BCUT2D eigenvalue weighted by Gasteiger charge is -2.18. The monoisotopic (exact) mass is 167 g/mol. The van der Waals surface area contributed by atoms with Gasteiger partial charge in [-0.2, -0.15) is 0 Å². The molecule has 0 bridgehead atoms. The molecular formula is C9H17N3. The Morgan fingerprint density at radius 2 is 1.83 bits per heavy atom. The summed E-state index contributed by atoms with van der Waals surface area (Å²) in [7, 11) is 0. The Kier molecular flexibility index (Phi) is 2.22. The summed E-state index contributed by atoms with van der Waals surface area (Å²) < 4.78 is 1.97. The SMILES string of the molecule is Cc1nnn(CC(C)(C)C)c1C. The molecule has 3 nitrogen and oxygen atoms in total. The highest BCUT2D eigenvalue weighted by molar-refractivity contribution is 5.04. The first-order valence-electron chi connectivity index (χ1n) is 4.27. The lowest BCUT2D eigenvalue weighted by Crippen LogP contribution is -2.17. The fourth-order valence-corrected chi connectivity index (χ4v) is 1.05. The number of aryl methyl sites for hydroxylation is 1. The van der Waals surface area contributed by atoms with Crippen LogP contribution in [0.1, 0.15) is 32.2 Å². The molecule has 0 aliphatic rings. The van der Waals surface area contributed by atoms with E-state index in [0.717, 1.165) is 12.2 Å². The van der Waals surface area contributed by atoms with Crippen LogP contribution in [0.5, 0.6) is 0 Å². The lowest BCUT2D eigenvalue weighted by atomic mass is 9.97. The molecule has 1 heterocycles. The van der Waals surface area contributed by atoms with Gasteiger partial charge in [0.15, 0.2) is 0 Å². The van der Waals surface area contributed by atoms with Gasteiger partial charge in [-0.25, -0.2) is 4.68 Å². The van der Waals surface area contributed by atoms with Gasteiger partial charge in [-0.1, -0.05) is 26.0 Å². The van der Waals surface area contributed by atoms with Crippen LogP contribution in [0.2, 0.25) is 0 Å². The van der Waals surface area contributed by atoms with Crippen molar-refractivity contribution >= 4 is 0 Å². The normalized spacial score (nSPS) is 12.1. The van der Waals surface area contributed by atoms with Gasteiger partial charge in [0.05, 0.1) is 11.4 Å². The molecular weight excluding hydrogens is 150 g/mol. The van der Waals surface area contributed by atoms with Crippen molar-refractivity contribution in [3.63, 3.8) is 0 Å². The summed E-state index contributed by atoms with van der Waals surface area (Å²) in [6.07, 6.45) is 0. The summed E-state index contributed by atoms with van der Waals surface area (Å²) in [4.78, 5) is 0. The summed E-state index contributed by atoms with van der Waals surface area (Å²) in [6.45, 7) is 11.6. The number of nitrogens with zero attached hydrogens (tertiary/aromatic N) is 3. The quantitative estimate of drug-likeness (QED) is 0.640. The number of hydrogen-bond donors (Lipinski definition) is 0. The van der Waals surface area contributed by atoms with Crippen LogP contribution >= 0.6 is 0 Å². The predicted molar refractivity (Wildman–Crippen MR) is 49.0 cm³/mol. The van der Waals surface area contributed by atoms with Crippen molar-refractivity contribution in [1.29, 1.82) is 0 Å². The first-order valence-corrected chi connectivity index (χ1v) is 4.27. The van der Waals surface area contributed by atoms with Crippen molar-refractivity contribution in [3.05, 3.63) is 11.4 Å². The zero-order valence-corrected chi connectivity index (χ0v) is 8.55. The van der Waals surface area contributed by atoms with Gasteiger partial charge in [0.2, 0.25) is 0 Å². The van der Waals surface area contributed by atoms with Crippen molar-refractivity contribution in [3.8, 4) is 0 Å². The van der Waals surface area contributed by atoms with Crippen LogP contribution in [0.4, 0.5) is 0 Å². The molecule has 0 spiro atoms. The highest BCUT2D eigenvalue weighted by Crippen LogP contribution is 2.16. The van der Waals surface area contributed by atoms with E-state index >= 15 is 0 Å². The third kappa shape index (κ3) is 2.06. The smallest absolute Gasteiger partial charge is 0.0825 e. The second-order valence-electron chi connectivity index (χ2n) is 4.48. The fraction of sp³-hybridized carbons (Fsp3) is 0.778. The van der Waals surface area contributed by atoms with Crippen LogP contribution in [0.15, 0.2) is 0 Å². The maximum Gasteiger partial charge on any atom is 0.0825 e. The Hall–Kier alpha value is -0.860. The van der Waals surface area contributed by atoms with Crippen molar-refractivity contribution in [2.45, 2.75) is 41.2 Å². The molecule has 0 aliphatic carbocycles. The third-order valence-corrected chi connectivity index (χ3v) is 1.84. The van der Waals surface area contributed by atoms with Crippen molar-refractivity contribution in [2.75, 3.05) is 0 Å². The Labute approximate surface area is 73.8 Å². The van der Waals surface area contributed by atoms with Gasteiger partial charge < -0.3 is 0 Å². The van der Waals surface area contributed by atoms with E-state index in [-0.39, 0.29) is 5.41 Å². The minimum Gasteiger partial charge on any atom is -0.249 e. The summed E-state index contributed by atoms with van der Waals surface area (Å²) in [5, 5.41) is 8.08. The molecule has 12 heavy (non-hydrogen) atoms. The Morgan fingerprint density at radius 3 is 2.17 bits per heavy atom. The van der Waals surface area contributed by atoms with E-state index in [4.69, 9.17) is 0 Å². The van der Waals surface area contributed by atoms with Crippen LogP contribution < -0.4 is 0 Å². The highest BCUT2D eigenvalue weighted by atomic mass is 15.4. The van der Waals surface area contributed by atoms with Gasteiger partial charge in [0.1, 0.15) is 0 Å². The number of hydrogen-bond acceptors (Lipinski definition) is 2. The molecule has 0 saturated heterocycles. The molecule has 1 aromatic heterocycles. The maximum atomic E-state index is 4.07. The van der Waals surface area contributed by atoms with Crippen LogP contribution in [-0.2, 0) is 6.54 Å². The average molecular weight is 167 g/mol. The molecule has 3 heteroatoms. The number of aromatic nitrogens is 3. The summed E-state index contributed by atoms with van der Waals surface area (Å²) in [5.74, 6) is 0. The van der Waals surface area contributed by atoms with Gasteiger partial charge in [0.25, 0.3) is 0 Å². The largest absolute Gasteiger partial charge is 0.249 e. The van der Waals surface area contributed by atoms with Crippen molar-refractivity contribution < 1.29 is 0 Å². The zero-order valence-electron chi connectivity index (χ0n) is 8.55. The maximum absolute atomic E-state index is 4.07. The van der Waals surface area contributed by atoms with E-state index in [1.807, 2.05) is 11.6 Å². The highest BCUT2D eigenvalue weighted by Gasteiger charge is 2.14. The van der Waals surface area contributed by atoms with Crippen molar-refractivity contribution in [1.82, 2.24) is 15.0 Å². The lowest BCUT2D eigenvalue weighted by molar-refractivity contribution is 0.317. The first kappa shape index (κ1) is 9.23. The van der Waals surface area contributed by atoms with Gasteiger partial charge in [-0.05, 0) is 19.3 Å². The van der Waals surface area contributed by atoms with Crippen LogP contribution in [-0.4, -0.2) is 15.0 Å². The van der Waals surface area contributed by atoms with E-state index in [1.54, 1.807) is 0 Å². The zero-order chi connectivity index (χ0) is 9.35. The predicted octanol–water partition coefficient (Wildman–Crippen LogP) is 1.94. The molecule has 0 radical (unpaired) electrons. The molecule has 0 unspecified atom stereocenters. The van der Waals surface area contributed by atoms with E-state index in [2.05, 4.69) is 38.0 Å². The molecule has 0 aromatic carbocycles. The summed E-state index contributed by atoms with van der Waals surface area (Å²) >= 11 is 0. The Morgan fingerprint density at radius 1 is 1.25 bits per heavy atom. The topological polar surface area (TPSA) is 30.7 Å². The van der Waals surface area contributed by atoms with E-state index in [9.17, 15) is 0 Å². The average Bonchev–Trinajstić information content (AvgIpc) is 2.16. The van der Waals surface area contributed by atoms with Crippen molar-refractivity contribution in [2.24, 2.45) is 5.41 Å². The molecule has 0 amide bonds. The summed E-state index contributed by atoms with van der Waals surface area (Å²) in [5.41, 5.74) is 2.47. The van der Waals surface area contributed by atoms with E-state index < -0.39 is 0 Å². The Balaban J connectivity index is 2.83.